The maximum atomic E-state index is 5.78. The predicted octanol–water partition coefficient (Wildman–Crippen LogP) is 0.977. The van der Waals surface area contributed by atoms with Crippen molar-refractivity contribution in [1.29, 1.82) is 0 Å². The first kappa shape index (κ1) is 10.4. The van der Waals surface area contributed by atoms with E-state index in [1.54, 1.807) is 0 Å². The zero-order valence-electron chi connectivity index (χ0n) is 9.11. The summed E-state index contributed by atoms with van der Waals surface area (Å²) in [5.74, 6) is 0. The molecule has 0 amide bonds. The van der Waals surface area contributed by atoms with Crippen LogP contribution in [0, 0.1) is 0 Å². The molecule has 0 spiro atoms. The predicted molar refractivity (Wildman–Crippen MR) is 57.2 cm³/mol. The molecule has 0 aromatic heterocycles. The Labute approximate surface area is 86.6 Å². The second-order valence-electron chi connectivity index (χ2n) is 4.56. The van der Waals surface area contributed by atoms with Crippen LogP contribution in [-0.4, -0.2) is 42.8 Å². The van der Waals surface area contributed by atoms with Gasteiger partial charge in [0.2, 0.25) is 0 Å². The average Bonchev–Trinajstić information content (AvgIpc) is 2.87. The lowest BCUT2D eigenvalue weighted by Gasteiger charge is -2.33. The highest BCUT2D eigenvalue weighted by molar-refractivity contribution is 4.88. The number of ether oxygens (including phenoxy) is 1. The SMILES string of the molecule is CC(C1CCCO1)N1CCCC1CN. The van der Waals surface area contributed by atoms with Gasteiger partial charge in [-0.1, -0.05) is 0 Å². The van der Waals surface area contributed by atoms with E-state index in [1.165, 1.54) is 32.2 Å². The highest BCUT2D eigenvalue weighted by atomic mass is 16.5. The molecule has 3 nitrogen and oxygen atoms in total. The van der Waals surface area contributed by atoms with E-state index in [-0.39, 0.29) is 0 Å². The summed E-state index contributed by atoms with van der Waals surface area (Å²) in [5.41, 5.74) is 5.78. The van der Waals surface area contributed by atoms with E-state index in [0.717, 1.165) is 13.2 Å². The number of nitrogens with zero attached hydrogens (tertiary/aromatic N) is 1. The largest absolute Gasteiger partial charge is 0.377 e. The summed E-state index contributed by atoms with van der Waals surface area (Å²) < 4.78 is 5.74. The van der Waals surface area contributed by atoms with E-state index in [9.17, 15) is 0 Å². The van der Waals surface area contributed by atoms with Gasteiger partial charge in [-0.05, 0) is 39.2 Å². The molecular weight excluding hydrogens is 176 g/mol. The van der Waals surface area contributed by atoms with Gasteiger partial charge in [0.1, 0.15) is 0 Å². The zero-order valence-corrected chi connectivity index (χ0v) is 9.11. The smallest absolute Gasteiger partial charge is 0.0728 e. The van der Waals surface area contributed by atoms with Crippen LogP contribution in [0.3, 0.4) is 0 Å². The normalized spacial score (nSPS) is 36.4. The van der Waals surface area contributed by atoms with Crippen molar-refractivity contribution in [3.05, 3.63) is 0 Å². The van der Waals surface area contributed by atoms with Crippen LogP contribution in [0.2, 0.25) is 0 Å². The maximum absolute atomic E-state index is 5.78. The molecule has 2 fully saturated rings. The van der Waals surface area contributed by atoms with Gasteiger partial charge >= 0.3 is 0 Å². The van der Waals surface area contributed by atoms with E-state index in [2.05, 4.69) is 11.8 Å². The second-order valence-corrected chi connectivity index (χ2v) is 4.56. The standard InChI is InChI=1S/C11H22N2O/c1-9(11-5-3-7-14-11)13-6-2-4-10(13)8-12/h9-11H,2-8,12H2,1H3. The highest BCUT2D eigenvalue weighted by Crippen LogP contribution is 2.25. The van der Waals surface area contributed by atoms with Gasteiger partial charge < -0.3 is 10.5 Å². The number of hydrogen-bond donors (Lipinski definition) is 1. The Hall–Kier alpha value is -0.120. The van der Waals surface area contributed by atoms with Gasteiger partial charge in [0, 0.05) is 25.2 Å². The minimum atomic E-state index is 0.460. The summed E-state index contributed by atoms with van der Waals surface area (Å²) in [6.07, 6.45) is 5.50. The van der Waals surface area contributed by atoms with Crippen LogP contribution < -0.4 is 5.73 Å². The van der Waals surface area contributed by atoms with Crippen molar-refractivity contribution in [3.8, 4) is 0 Å². The molecule has 0 aliphatic carbocycles. The molecule has 2 N–H and O–H groups in total. The molecule has 0 aromatic carbocycles. The fourth-order valence-corrected chi connectivity index (χ4v) is 2.84. The number of hydrogen-bond acceptors (Lipinski definition) is 3. The Kier molecular flexibility index (Phi) is 3.42. The molecule has 2 saturated heterocycles. The summed E-state index contributed by atoms with van der Waals surface area (Å²) in [5, 5.41) is 0. The Bertz CT molecular complexity index is 180. The Morgan fingerprint density at radius 3 is 2.93 bits per heavy atom. The maximum Gasteiger partial charge on any atom is 0.0728 e. The van der Waals surface area contributed by atoms with Gasteiger partial charge in [-0.2, -0.15) is 0 Å². The summed E-state index contributed by atoms with van der Waals surface area (Å²) in [4.78, 5) is 2.55. The third-order valence-corrected chi connectivity index (χ3v) is 3.72. The Morgan fingerprint density at radius 1 is 1.43 bits per heavy atom. The first-order chi connectivity index (χ1) is 6.83. The number of rotatable bonds is 3. The molecule has 0 radical (unpaired) electrons. The van der Waals surface area contributed by atoms with Crippen LogP contribution in [0.1, 0.15) is 32.6 Å². The molecule has 0 aromatic rings. The summed E-state index contributed by atoms with van der Waals surface area (Å²) in [6, 6.07) is 1.17. The fourth-order valence-electron chi connectivity index (χ4n) is 2.84. The average molecular weight is 198 g/mol. The van der Waals surface area contributed by atoms with Crippen molar-refractivity contribution in [2.45, 2.75) is 50.8 Å². The van der Waals surface area contributed by atoms with Gasteiger partial charge in [-0.15, -0.1) is 0 Å². The summed E-state index contributed by atoms with van der Waals surface area (Å²) >= 11 is 0. The van der Waals surface area contributed by atoms with Crippen LogP contribution in [0.5, 0.6) is 0 Å². The van der Waals surface area contributed by atoms with Crippen LogP contribution in [0.25, 0.3) is 0 Å². The van der Waals surface area contributed by atoms with Gasteiger partial charge in [0.15, 0.2) is 0 Å². The van der Waals surface area contributed by atoms with Gasteiger partial charge in [0.25, 0.3) is 0 Å². The van der Waals surface area contributed by atoms with Crippen LogP contribution in [0.4, 0.5) is 0 Å². The van der Waals surface area contributed by atoms with Crippen LogP contribution in [0.15, 0.2) is 0 Å². The number of nitrogens with two attached hydrogens (primary N) is 1. The van der Waals surface area contributed by atoms with Crippen molar-refractivity contribution in [1.82, 2.24) is 4.90 Å². The van der Waals surface area contributed by atoms with E-state index in [0.29, 0.717) is 18.2 Å². The van der Waals surface area contributed by atoms with E-state index < -0.39 is 0 Å². The lowest BCUT2D eigenvalue weighted by molar-refractivity contribution is 0.0273. The molecule has 2 heterocycles. The van der Waals surface area contributed by atoms with Gasteiger partial charge in [0.05, 0.1) is 6.10 Å². The lowest BCUT2D eigenvalue weighted by atomic mass is 10.1. The van der Waals surface area contributed by atoms with Crippen molar-refractivity contribution >= 4 is 0 Å². The van der Waals surface area contributed by atoms with Crippen molar-refractivity contribution < 1.29 is 4.74 Å². The molecule has 14 heavy (non-hydrogen) atoms. The molecular formula is C11H22N2O. The van der Waals surface area contributed by atoms with Crippen molar-refractivity contribution in [2.75, 3.05) is 19.7 Å². The highest BCUT2D eigenvalue weighted by Gasteiger charge is 2.33. The lowest BCUT2D eigenvalue weighted by Crippen LogP contribution is -2.46. The summed E-state index contributed by atoms with van der Waals surface area (Å²) in [7, 11) is 0. The molecule has 0 bridgehead atoms. The molecule has 2 aliphatic heterocycles. The quantitative estimate of drug-likeness (QED) is 0.734. The Balaban J connectivity index is 1.92. The third kappa shape index (κ3) is 1.95. The molecule has 3 atom stereocenters. The molecule has 0 saturated carbocycles. The van der Waals surface area contributed by atoms with E-state index in [1.807, 2.05) is 0 Å². The van der Waals surface area contributed by atoms with Crippen LogP contribution >= 0.6 is 0 Å². The van der Waals surface area contributed by atoms with Gasteiger partial charge in [-0.3, -0.25) is 4.90 Å². The fraction of sp³-hybridized carbons (Fsp3) is 1.00. The third-order valence-electron chi connectivity index (χ3n) is 3.72. The van der Waals surface area contributed by atoms with Crippen LogP contribution in [-0.2, 0) is 4.74 Å². The van der Waals surface area contributed by atoms with Crippen molar-refractivity contribution in [2.24, 2.45) is 5.73 Å². The molecule has 82 valence electrons. The van der Waals surface area contributed by atoms with Gasteiger partial charge in [-0.25, -0.2) is 0 Å². The topological polar surface area (TPSA) is 38.5 Å². The second kappa shape index (κ2) is 4.60. The zero-order chi connectivity index (χ0) is 9.97. The first-order valence-corrected chi connectivity index (χ1v) is 5.90. The summed E-state index contributed by atoms with van der Waals surface area (Å²) in [6.45, 7) is 5.26. The van der Waals surface area contributed by atoms with E-state index in [4.69, 9.17) is 10.5 Å². The monoisotopic (exact) mass is 198 g/mol. The molecule has 3 heteroatoms. The first-order valence-electron chi connectivity index (χ1n) is 5.90. The molecule has 2 aliphatic rings. The minimum Gasteiger partial charge on any atom is -0.377 e. The molecule has 3 unspecified atom stereocenters. The minimum absolute atomic E-state index is 0.460. The van der Waals surface area contributed by atoms with Crippen molar-refractivity contribution in [3.63, 3.8) is 0 Å². The molecule has 2 rings (SSSR count). The number of likely N-dealkylation sites (tertiary alicyclic amines) is 1. The Morgan fingerprint density at radius 2 is 2.29 bits per heavy atom. The van der Waals surface area contributed by atoms with E-state index >= 15 is 0 Å².